The SMILES string of the molecule is CC/C=C\C/C=C\C/C=C\C/C=C\C/C=C\CCCCCC(=O)OC1C(OCC(COC(=O)CCCCCCCCCCCCCCCCCCCCC)OC(=O)CCCCCCC/C=C\C/C=C\CCC)OC(C(=O)O)C(O)C1O. The standard InChI is InChI=1S/C69H116O12/c1-4-7-10-13-16-19-22-25-27-29-31-33-35-38-40-43-46-49-52-55-61(70)77-58-60(79-62(71)56-53-50-47-44-41-37-24-21-18-15-12-9-6-3)59-78-69-67(65(74)64(73)66(81-69)68(75)76)80-63(72)57-54-51-48-45-42-39-36-34-32-30-28-26-23-20-17-14-11-8-5-2/h8,11-12,15,17,20-21,24,26,28,32,34,39,42,60,64-67,69,73-74H,4-7,9-10,13-14,16,18-19,22-23,25,27,29-31,33,35-38,40-41,43-59H2,1-3H3,(H,75,76)/b11-8-,15-12-,20-17-,24-21-,28-26-,34-32-,42-39-. The topological polar surface area (TPSA) is 175 Å². The summed E-state index contributed by atoms with van der Waals surface area (Å²) in [4.78, 5) is 51.3. The molecule has 0 aromatic carbocycles. The molecule has 0 bridgehead atoms. The highest BCUT2D eigenvalue weighted by Crippen LogP contribution is 2.26. The molecule has 81 heavy (non-hydrogen) atoms. The highest BCUT2D eigenvalue weighted by Gasteiger charge is 2.50. The third-order valence-electron chi connectivity index (χ3n) is 14.4. The van der Waals surface area contributed by atoms with Gasteiger partial charge in [0.15, 0.2) is 24.6 Å². The number of aliphatic hydroxyl groups excluding tert-OH is 2. The highest BCUT2D eigenvalue weighted by atomic mass is 16.7. The first-order chi connectivity index (χ1) is 39.6. The minimum absolute atomic E-state index is 0.0177. The number of unbranched alkanes of at least 4 members (excludes halogenated alkanes) is 27. The maximum Gasteiger partial charge on any atom is 0.335 e. The Balaban J connectivity index is 2.66. The van der Waals surface area contributed by atoms with Gasteiger partial charge in [-0.1, -0.05) is 254 Å². The lowest BCUT2D eigenvalue weighted by molar-refractivity contribution is -0.301. The third kappa shape index (κ3) is 46.0. The van der Waals surface area contributed by atoms with Crippen LogP contribution in [0, 0.1) is 0 Å². The molecule has 6 atom stereocenters. The van der Waals surface area contributed by atoms with E-state index >= 15 is 0 Å². The van der Waals surface area contributed by atoms with Gasteiger partial charge in [0.25, 0.3) is 0 Å². The van der Waals surface area contributed by atoms with Crippen molar-refractivity contribution in [3.8, 4) is 0 Å². The summed E-state index contributed by atoms with van der Waals surface area (Å²) in [6.45, 7) is 5.82. The van der Waals surface area contributed by atoms with Gasteiger partial charge >= 0.3 is 23.9 Å². The number of hydrogen-bond donors (Lipinski definition) is 3. The van der Waals surface area contributed by atoms with Gasteiger partial charge in [-0.25, -0.2) is 4.79 Å². The van der Waals surface area contributed by atoms with Crippen molar-refractivity contribution in [2.24, 2.45) is 0 Å². The molecule has 0 saturated carbocycles. The summed E-state index contributed by atoms with van der Waals surface area (Å²) in [6.07, 6.45) is 61.2. The van der Waals surface area contributed by atoms with Crippen LogP contribution in [0.1, 0.15) is 278 Å². The van der Waals surface area contributed by atoms with E-state index in [-0.39, 0.29) is 25.9 Å². The van der Waals surface area contributed by atoms with Crippen molar-refractivity contribution in [1.29, 1.82) is 0 Å². The minimum Gasteiger partial charge on any atom is -0.479 e. The molecule has 1 heterocycles. The zero-order valence-corrected chi connectivity index (χ0v) is 51.3. The van der Waals surface area contributed by atoms with Gasteiger partial charge in [0.2, 0.25) is 0 Å². The van der Waals surface area contributed by atoms with E-state index in [0.717, 1.165) is 122 Å². The minimum atomic E-state index is -1.92. The fourth-order valence-corrected chi connectivity index (χ4v) is 9.49. The Morgan fingerprint density at radius 1 is 0.420 bits per heavy atom. The Bertz CT molecular complexity index is 1730. The Morgan fingerprint density at radius 2 is 0.802 bits per heavy atom. The van der Waals surface area contributed by atoms with E-state index in [1.165, 1.54) is 96.3 Å². The van der Waals surface area contributed by atoms with Crippen LogP contribution in [0.2, 0.25) is 0 Å². The molecule has 1 saturated heterocycles. The van der Waals surface area contributed by atoms with Crippen molar-refractivity contribution in [3.63, 3.8) is 0 Å². The molecule has 12 heteroatoms. The van der Waals surface area contributed by atoms with Crippen molar-refractivity contribution in [3.05, 3.63) is 85.1 Å². The van der Waals surface area contributed by atoms with E-state index in [2.05, 4.69) is 106 Å². The van der Waals surface area contributed by atoms with Gasteiger partial charge < -0.3 is 39.0 Å². The number of aliphatic hydroxyl groups is 2. The lowest BCUT2D eigenvalue weighted by atomic mass is 9.98. The first-order valence-corrected chi connectivity index (χ1v) is 32.6. The zero-order chi connectivity index (χ0) is 58.9. The van der Waals surface area contributed by atoms with Gasteiger partial charge in [-0.15, -0.1) is 0 Å². The number of carboxylic acids is 1. The van der Waals surface area contributed by atoms with E-state index in [4.69, 9.17) is 23.7 Å². The molecule has 0 radical (unpaired) electrons. The van der Waals surface area contributed by atoms with Crippen LogP contribution >= 0.6 is 0 Å². The predicted octanol–water partition coefficient (Wildman–Crippen LogP) is 17.5. The summed E-state index contributed by atoms with van der Waals surface area (Å²) in [5, 5.41) is 31.6. The average molecular weight is 1140 g/mol. The van der Waals surface area contributed by atoms with Gasteiger partial charge in [0.1, 0.15) is 18.8 Å². The number of ether oxygens (including phenoxy) is 5. The number of esters is 3. The van der Waals surface area contributed by atoms with Crippen LogP contribution in [0.15, 0.2) is 85.1 Å². The van der Waals surface area contributed by atoms with E-state index < -0.39 is 67.3 Å². The predicted molar refractivity (Wildman–Crippen MR) is 331 cm³/mol. The number of carbonyl (C=O) groups excluding carboxylic acids is 3. The Kier molecular flexibility index (Phi) is 52.1. The van der Waals surface area contributed by atoms with E-state index in [9.17, 15) is 34.5 Å². The van der Waals surface area contributed by atoms with Gasteiger partial charge in [0, 0.05) is 19.3 Å². The number of carboxylic acid groups (broad SMARTS) is 1. The molecule has 0 amide bonds. The van der Waals surface area contributed by atoms with Crippen molar-refractivity contribution >= 4 is 23.9 Å². The molecule has 1 aliphatic rings. The van der Waals surface area contributed by atoms with E-state index in [1.54, 1.807) is 0 Å². The summed E-state index contributed by atoms with van der Waals surface area (Å²) < 4.78 is 28.5. The second kappa shape index (κ2) is 56.4. The summed E-state index contributed by atoms with van der Waals surface area (Å²) >= 11 is 0. The fraction of sp³-hybridized carbons (Fsp3) is 0.739. The Hall–Kier alpha value is -4.10. The first-order valence-electron chi connectivity index (χ1n) is 32.6. The van der Waals surface area contributed by atoms with Crippen LogP contribution in [0.3, 0.4) is 0 Å². The quantitative estimate of drug-likeness (QED) is 0.0228. The Morgan fingerprint density at radius 3 is 1.25 bits per heavy atom. The molecule has 12 nitrogen and oxygen atoms in total. The maximum atomic E-state index is 13.2. The molecule has 0 aromatic rings. The van der Waals surface area contributed by atoms with Crippen LogP contribution in [0.25, 0.3) is 0 Å². The molecule has 1 fully saturated rings. The largest absolute Gasteiger partial charge is 0.479 e. The molecule has 0 spiro atoms. The number of rotatable bonds is 55. The molecule has 464 valence electrons. The maximum absolute atomic E-state index is 13.2. The zero-order valence-electron chi connectivity index (χ0n) is 51.3. The number of hydrogen-bond acceptors (Lipinski definition) is 11. The average Bonchev–Trinajstić information content (AvgIpc) is 3.54. The molecule has 1 rings (SSSR count). The molecule has 6 unspecified atom stereocenters. The van der Waals surface area contributed by atoms with Crippen molar-refractivity contribution < 1.29 is 58.2 Å². The van der Waals surface area contributed by atoms with Gasteiger partial charge in [0.05, 0.1) is 6.61 Å². The van der Waals surface area contributed by atoms with E-state index in [0.29, 0.717) is 19.3 Å². The van der Waals surface area contributed by atoms with E-state index in [1.807, 2.05) is 0 Å². The summed E-state index contributed by atoms with van der Waals surface area (Å²) in [6, 6.07) is 0. The molecular weight excluding hydrogens is 1020 g/mol. The highest BCUT2D eigenvalue weighted by molar-refractivity contribution is 5.74. The second-order valence-electron chi connectivity index (χ2n) is 22.0. The smallest absolute Gasteiger partial charge is 0.335 e. The lowest BCUT2D eigenvalue weighted by Gasteiger charge is -2.40. The molecule has 0 aliphatic carbocycles. The van der Waals surface area contributed by atoms with Crippen LogP contribution in [-0.4, -0.2) is 89.2 Å². The number of allylic oxidation sites excluding steroid dienone is 14. The molecule has 3 N–H and O–H groups in total. The van der Waals surface area contributed by atoms with Crippen LogP contribution in [0.4, 0.5) is 0 Å². The lowest BCUT2D eigenvalue weighted by Crippen LogP contribution is -2.61. The summed E-state index contributed by atoms with van der Waals surface area (Å²) in [7, 11) is 0. The first kappa shape index (κ1) is 74.9. The van der Waals surface area contributed by atoms with Crippen molar-refractivity contribution in [2.75, 3.05) is 13.2 Å². The van der Waals surface area contributed by atoms with Crippen LogP contribution in [0.5, 0.6) is 0 Å². The Labute approximate surface area is 492 Å². The van der Waals surface area contributed by atoms with Gasteiger partial charge in [-0.2, -0.15) is 0 Å². The van der Waals surface area contributed by atoms with Crippen LogP contribution in [-0.2, 0) is 42.9 Å². The summed E-state index contributed by atoms with van der Waals surface area (Å²) in [5.41, 5.74) is 0. The fourth-order valence-electron chi connectivity index (χ4n) is 9.49. The van der Waals surface area contributed by atoms with Crippen molar-refractivity contribution in [2.45, 2.75) is 314 Å². The van der Waals surface area contributed by atoms with Crippen molar-refractivity contribution in [1.82, 2.24) is 0 Å². The monoisotopic (exact) mass is 1140 g/mol. The molecular formula is C69H116O12. The van der Waals surface area contributed by atoms with Gasteiger partial charge in [-0.3, -0.25) is 14.4 Å². The third-order valence-corrected chi connectivity index (χ3v) is 14.4. The summed E-state index contributed by atoms with van der Waals surface area (Å²) in [5.74, 6) is -3.17. The number of aliphatic carboxylic acids is 1. The molecule has 0 aromatic heterocycles. The second-order valence-corrected chi connectivity index (χ2v) is 22.0. The van der Waals surface area contributed by atoms with Gasteiger partial charge in [-0.05, 0) is 89.9 Å². The molecule has 1 aliphatic heterocycles. The van der Waals surface area contributed by atoms with Crippen LogP contribution < -0.4 is 0 Å². The number of carbonyl (C=O) groups is 4. The normalized spacial score (nSPS) is 18.3.